The minimum absolute atomic E-state index is 0. The smallest absolute Gasteiger partial charge is 0.253 e. The van der Waals surface area contributed by atoms with E-state index in [2.05, 4.69) is 52.4 Å². The lowest BCUT2D eigenvalue weighted by Crippen LogP contribution is -2.52. The average Bonchev–Trinajstić information content (AvgIpc) is 2.83. The van der Waals surface area contributed by atoms with Crippen LogP contribution in [0.15, 0.2) is 59.6 Å². The minimum atomic E-state index is 0. The first-order valence-corrected chi connectivity index (χ1v) is 11.4. The summed E-state index contributed by atoms with van der Waals surface area (Å²) in [4.78, 5) is 23.9. The molecule has 1 N–H and O–H groups in total. The highest BCUT2D eigenvalue weighted by atomic mass is 127. The molecule has 0 saturated carbocycles. The molecule has 0 bridgehead atoms. The van der Waals surface area contributed by atoms with Gasteiger partial charge in [0.1, 0.15) is 0 Å². The molecule has 2 aromatic carbocycles. The zero-order valence-corrected chi connectivity index (χ0v) is 21.8. The SMILES string of the molecule is CCNC(=NCc1ccc(C(=O)N(CC)CC)cc1)N1CCN(c2ccccc2)CC1.I. The molecule has 1 amide bonds. The number of halogens is 1. The Balaban J connectivity index is 0.00000363. The molecule has 1 fully saturated rings. The number of nitrogens with one attached hydrogen (secondary N) is 1. The van der Waals surface area contributed by atoms with Crippen molar-refractivity contribution in [1.82, 2.24) is 15.1 Å². The molecule has 0 atom stereocenters. The van der Waals surface area contributed by atoms with E-state index in [4.69, 9.17) is 4.99 Å². The van der Waals surface area contributed by atoms with Gasteiger partial charge in [0.2, 0.25) is 0 Å². The molecular formula is C25H36IN5O. The van der Waals surface area contributed by atoms with Crippen LogP contribution in [0.1, 0.15) is 36.7 Å². The number of hydrogen-bond donors (Lipinski definition) is 1. The number of carbonyl (C=O) groups is 1. The van der Waals surface area contributed by atoms with E-state index in [0.29, 0.717) is 6.54 Å². The van der Waals surface area contributed by atoms with Crippen molar-refractivity contribution in [2.75, 3.05) is 50.7 Å². The highest BCUT2D eigenvalue weighted by Crippen LogP contribution is 2.16. The van der Waals surface area contributed by atoms with Gasteiger partial charge in [0.15, 0.2) is 5.96 Å². The monoisotopic (exact) mass is 549 g/mol. The van der Waals surface area contributed by atoms with Crippen molar-refractivity contribution in [3.8, 4) is 0 Å². The lowest BCUT2D eigenvalue weighted by atomic mass is 10.1. The Hall–Kier alpha value is -2.29. The van der Waals surface area contributed by atoms with Crippen molar-refractivity contribution in [2.45, 2.75) is 27.3 Å². The quantitative estimate of drug-likeness (QED) is 0.322. The van der Waals surface area contributed by atoms with Crippen LogP contribution in [0.3, 0.4) is 0 Å². The Morgan fingerprint density at radius 3 is 2.12 bits per heavy atom. The summed E-state index contributed by atoms with van der Waals surface area (Å²) in [5, 5.41) is 3.43. The molecule has 7 heteroatoms. The second-order valence-electron chi connectivity index (χ2n) is 7.65. The molecule has 0 aliphatic carbocycles. The number of guanidine groups is 1. The number of hydrogen-bond acceptors (Lipinski definition) is 3. The van der Waals surface area contributed by atoms with Gasteiger partial charge in [-0.2, -0.15) is 0 Å². The van der Waals surface area contributed by atoms with Crippen molar-refractivity contribution in [3.05, 3.63) is 65.7 Å². The Morgan fingerprint density at radius 1 is 0.938 bits per heavy atom. The van der Waals surface area contributed by atoms with Crippen molar-refractivity contribution in [2.24, 2.45) is 4.99 Å². The summed E-state index contributed by atoms with van der Waals surface area (Å²) >= 11 is 0. The number of benzene rings is 2. The van der Waals surface area contributed by atoms with Crippen LogP contribution in [0.5, 0.6) is 0 Å². The topological polar surface area (TPSA) is 51.2 Å². The lowest BCUT2D eigenvalue weighted by molar-refractivity contribution is 0.0773. The van der Waals surface area contributed by atoms with Crippen LogP contribution in [0.2, 0.25) is 0 Å². The zero-order valence-electron chi connectivity index (χ0n) is 19.5. The summed E-state index contributed by atoms with van der Waals surface area (Å²) in [7, 11) is 0. The number of para-hydroxylation sites is 1. The number of piperazine rings is 1. The number of rotatable bonds is 7. The van der Waals surface area contributed by atoms with Crippen LogP contribution in [0.25, 0.3) is 0 Å². The van der Waals surface area contributed by atoms with E-state index < -0.39 is 0 Å². The number of aliphatic imine (C=N–C) groups is 1. The largest absolute Gasteiger partial charge is 0.368 e. The number of nitrogens with zero attached hydrogens (tertiary/aromatic N) is 4. The summed E-state index contributed by atoms with van der Waals surface area (Å²) < 4.78 is 0. The first kappa shape index (κ1) is 26.0. The Bertz CT molecular complexity index is 844. The standard InChI is InChI=1S/C25H35N5O.HI/c1-4-26-25(30-18-16-29(17-19-30)23-10-8-7-9-11-23)27-20-21-12-14-22(15-13-21)24(31)28(5-2)6-3;/h7-15H,4-6,16-20H2,1-3H3,(H,26,27);1H. The molecule has 32 heavy (non-hydrogen) atoms. The minimum Gasteiger partial charge on any atom is -0.368 e. The van der Waals surface area contributed by atoms with Crippen LogP contribution >= 0.6 is 24.0 Å². The van der Waals surface area contributed by atoms with E-state index in [1.807, 2.05) is 43.0 Å². The third-order valence-corrected chi connectivity index (χ3v) is 5.70. The fourth-order valence-corrected chi connectivity index (χ4v) is 3.85. The van der Waals surface area contributed by atoms with Crippen LogP contribution in [-0.4, -0.2) is 67.5 Å². The molecule has 1 heterocycles. The average molecular weight is 550 g/mol. The predicted octanol–water partition coefficient (Wildman–Crippen LogP) is 4.07. The normalized spacial score (nSPS) is 14.0. The van der Waals surface area contributed by atoms with E-state index in [-0.39, 0.29) is 29.9 Å². The third-order valence-electron chi connectivity index (χ3n) is 5.70. The maximum Gasteiger partial charge on any atom is 0.253 e. The maximum atomic E-state index is 12.5. The lowest BCUT2D eigenvalue weighted by Gasteiger charge is -2.37. The number of anilines is 1. The van der Waals surface area contributed by atoms with Crippen LogP contribution in [0.4, 0.5) is 5.69 Å². The van der Waals surface area contributed by atoms with Gasteiger partial charge in [-0.15, -0.1) is 24.0 Å². The van der Waals surface area contributed by atoms with E-state index in [0.717, 1.165) is 62.9 Å². The fourth-order valence-electron chi connectivity index (χ4n) is 3.85. The van der Waals surface area contributed by atoms with Crippen molar-refractivity contribution in [3.63, 3.8) is 0 Å². The first-order chi connectivity index (χ1) is 15.2. The van der Waals surface area contributed by atoms with Crippen molar-refractivity contribution < 1.29 is 4.79 Å². The molecule has 1 aliphatic heterocycles. The van der Waals surface area contributed by atoms with Crippen molar-refractivity contribution in [1.29, 1.82) is 0 Å². The molecule has 3 rings (SSSR count). The summed E-state index contributed by atoms with van der Waals surface area (Å²) in [6.45, 7) is 12.9. The van der Waals surface area contributed by atoms with Gasteiger partial charge in [-0.1, -0.05) is 30.3 Å². The van der Waals surface area contributed by atoms with Gasteiger partial charge < -0.3 is 20.0 Å². The fraction of sp³-hybridized carbons (Fsp3) is 0.440. The maximum absolute atomic E-state index is 12.5. The molecule has 1 aliphatic rings. The molecule has 0 unspecified atom stereocenters. The molecular weight excluding hydrogens is 513 g/mol. The predicted molar refractivity (Wildman–Crippen MR) is 144 cm³/mol. The Morgan fingerprint density at radius 2 is 1.56 bits per heavy atom. The van der Waals surface area contributed by atoms with Crippen LogP contribution in [-0.2, 0) is 6.54 Å². The molecule has 174 valence electrons. The summed E-state index contributed by atoms with van der Waals surface area (Å²) in [5.41, 5.74) is 3.12. The van der Waals surface area contributed by atoms with E-state index in [1.54, 1.807) is 0 Å². The summed E-state index contributed by atoms with van der Waals surface area (Å²) in [6.07, 6.45) is 0. The number of amides is 1. The number of carbonyl (C=O) groups excluding carboxylic acids is 1. The van der Waals surface area contributed by atoms with Gasteiger partial charge in [-0.25, -0.2) is 4.99 Å². The molecule has 6 nitrogen and oxygen atoms in total. The second kappa shape index (κ2) is 13.3. The Kier molecular flexibility index (Phi) is 10.8. The second-order valence-corrected chi connectivity index (χ2v) is 7.65. The highest BCUT2D eigenvalue weighted by molar-refractivity contribution is 14.0. The van der Waals surface area contributed by atoms with Crippen LogP contribution in [0, 0.1) is 0 Å². The molecule has 1 saturated heterocycles. The molecule has 0 aromatic heterocycles. The van der Waals surface area contributed by atoms with Gasteiger partial charge in [-0.3, -0.25) is 4.79 Å². The summed E-state index contributed by atoms with van der Waals surface area (Å²) in [6, 6.07) is 18.4. The van der Waals surface area contributed by atoms with Gasteiger partial charge >= 0.3 is 0 Å². The van der Waals surface area contributed by atoms with Gasteiger partial charge in [0.05, 0.1) is 6.54 Å². The highest BCUT2D eigenvalue weighted by Gasteiger charge is 2.19. The third kappa shape index (κ3) is 6.85. The van der Waals surface area contributed by atoms with E-state index in [1.165, 1.54) is 5.69 Å². The van der Waals surface area contributed by atoms with Crippen LogP contribution < -0.4 is 10.2 Å². The molecule has 0 spiro atoms. The van der Waals surface area contributed by atoms with Gasteiger partial charge in [0, 0.05) is 57.1 Å². The van der Waals surface area contributed by atoms with Gasteiger partial charge in [-0.05, 0) is 50.6 Å². The molecule has 0 radical (unpaired) electrons. The van der Waals surface area contributed by atoms with Gasteiger partial charge in [0.25, 0.3) is 5.91 Å². The zero-order chi connectivity index (χ0) is 22.1. The van der Waals surface area contributed by atoms with Crippen molar-refractivity contribution >= 4 is 41.5 Å². The Labute approximate surface area is 209 Å². The van der Waals surface area contributed by atoms with E-state index >= 15 is 0 Å². The molecule has 2 aromatic rings. The van der Waals surface area contributed by atoms with E-state index in [9.17, 15) is 4.79 Å². The summed E-state index contributed by atoms with van der Waals surface area (Å²) in [5.74, 6) is 1.04. The first-order valence-electron chi connectivity index (χ1n) is 11.4.